The second kappa shape index (κ2) is 9.90. The quantitative estimate of drug-likeness (QED) is 0.493. The molecule has 1 fully saturated rings. The minimum absolute atomic E-state index is 0.0256. The Labute approximate surface area is 204 Å². The molecule has 1 amide bonds. The summed E-state index contributed by atoms with van der Waals surface area (Å²) in [5.74, 6) is -1.91. The molecule has 3 aromatic rings. The lowest BCUT2D eigenvalue weighted by Gasteiger charge is -2.17. The number of nitrogens with zero attached hydrogens (tertiary/aromatic N) is 1. The molecule has 34 heavy (non-hydrogen) atoms. The predicted molar refractivity (Wildman–Crippen MR) is 133 cm³/mol. The zero-order valence-corrected chi connectivity index (χ0v) is 20.3. The van der Waals surface area contributed by atoms with Crippen molar-refractivity contribution in [3.8, 4) is 11.3 Å². The molecule has 1 saturated carbocycles. The molecule has 0 spiro atoms. The number of carbonyl (C=O) groups is 3. The van der Waals surface area contributed by atoms with Crippen molar-refractivity contribution in [1.82, 2.24) is 10.3 Å². The summed E-state index contributed by atoms with van der Waals surface area (Å²) in [6, 6.07) is 15.4. The Hall–Kier alpha value is -3.31. The molecule has 1 aliphatic carbocycles. The van der Waals surface area contributed by atoms with E-state index in [1.54, 1.807) is 12.3 Å². The van der Waals surface area contributed by atoms with Gasteiger partial charge in [0.1, 0.15) is 11.7 Å². The van der Waals surface area contributed by atoms with Crippen molar-refractivity contribution < 1.29 is 14.4 Å². The first-order valence-electron chi connectivity index (χ1n) is 11.3. The van der Waals surface area contributed by atoms with Crippen molar-refractivity contribution in [1.29, 1.82) is 0 Å². The number of halogens is 1. The van der Waals surface area contributed by atoms with E-state index in [0.717, 1.165) is 39.1 Å². The van der Waals surface area contributed by atoms with E-state index in [0.29, 0.717) is 11.6 Å². The molecule has 0 bridgehead atoms. The van der Waals surface area contributed by atoms with Gasteiger partial charge in [0.15, 0.2) is 5.78 Å². The Morgan fingerprint density at radius 3 is 2.32 bits per heavy atom. The fourth-order valence-corrected chi connectivity index (χ4v) is 4.77. The molecule has 2 unspecified atom stereocenters. The molecule has 4 rings (SSSR count). The van der Waals surface area contributed by atoms with Gasteiger partial charge >= 0.3 is 0 Å². The van der Waals surface area contributed by atoms with Crippen molar-refractivity contribution in [2.24, 2.45) is 5.92 Å². The van der Waals surface area contributed by atoms with Crippen molar-refractivity contribution in [3.05, 3.63) is 87.6 Å². The molecule has 2 atom stereocenters. The Bertz CT molecular complexity index is 1230. The molecule has 1 N–H and O–H groups in total. The fraction of sp³-hybridized carbons (Fsp3) is 0.286. The van der Waals surface area contributed by atoms with Crippen LogP contribution in [0, 0.1) is 26.7 Å². The van der Waals surface area contributed by atoms with Crippen molar-refractivity contribution in [2.75, 3.05) is 0 Å². The van der Waals surface area contributed by atoms with Gasteiger partial charge in [0.2, 0.25) is 5.91 Å². The molecular weight excluding hydrogens is 448 g/mol. The van der Waals surface area contributed by atoms with Crippen molar-refractivity contribution >= 4 is 29.1 Å². The summed E-state index contributed by atoms with van der Waals surface area (Å²) in [4.78, 5) is 43.0. The van der Waals surface area contributed by atoms with E-state index in [4.69, 9.17) is 11.6 Å². The Morgan fingerprint density at radius 2 is 1.71 bits per heavy atom. The molecule has 5 nitrogen and oxygen atoms in total. The number of hydrogen-bond donors (Lipinski definition) is 1. The summed E-state index contributed by atoms with van der Waals surface area (Å²) in [5, 5.41) is 3.43. The minimum atomic E-state index is -0.817. The average Bonchev–Trinajstić information content (AvgIpc) is 3.06. The molecule has 6 heteroatoms. The van der Waals surface area contributed by atoms with Crippen molar-refractivity contribution in [3.63, 3.8) is 0 Å². The molecule has 0 aliphatic heterocycles. The third-order valence-corrected chi connectivity index (χ3v) is 6.63. The number of aryl methyl sites for hydroxylation is 3. The number of rotatable bonds is 6. The normalized spacial score (nSPS) is 17.8. The Kier molecular flexibility index (Phi) is 6.94. The highest BCUT2D eigenvalue weighted by molar-refractivity contribution is 6.30. The number of nitrogens with one attached hydrogen (secondary N) is 1. The van der Waals surface area contributed by atoms with Crippen LogP contribution < -0.4 is 5.32 Å². The molecule has 1 aliphatic rings. The smallest absolute Gasteiger partial charge is 0.221 e. The molecule has 0 saturated heterocycles. The summed E-state index contributed by atoms with van der Waals surface area (Å²) in [6.07, 6.45) is 1.71. The van der Waals surface area contributed by atoms with E-state index in [9.17, 15) is 14.4 Å². The zero-order valence-electron chi connectivity index (χ0n) is 19.5. The minimum Gasteiger partial charge on any atom is -0.352 e. The Morgan fingerprint density at radius 1 is 1.03 bits per heavy atom. The van der Waals surface area contributed by atoms with Crippen LogP contribution in [0.2, 0.25) is 5.02 Å². The molecule has 2 aromatic carbocycles. The van der Waals surface area contributed by atoms with Gasteiger partial charge in [-0.1, -0.05) is 41.4 Å². The second-order valence-corrected chi connectivity index (χ2v) is 9.49. The van der Waals surface area contributed by atoms with Gasteiger partial charge in [-0.2, -0.15) is 0 Å². The highest BCUT2D eigenvalue weighted by Crippen LogP contribution is 2.38. The number of pyridine rings is 1. The maximum Gasteiger partial charge on any atom is 0.221 e. The summed E-state index contributed by atoms with van der Waals surface area (Å²) >= 11 is 5.95. The van der Waals surface area contributed by atoms with Gasteiger partial charge in [0, 0.05) is 37.1 Å². The summed E-state index contributed by atoms with van der Waals surface area (Å²) in [7, 11) is 0. The monoisotopic (exact) mass is 474 g/mol. The lowest BCUT2D eigenvalue weighted by Crippen LogP contribution is -2.27. The largest absolute Gasteiger partial charge is 0.352 e. The predicted octanol–water partition coefficient (Wildman–Crippen LogP) is 5.28. The number of hydrogen-bond acceptors (Lipinski definition) is 4. The summed E-state index contributed by atoms with van der Waals surface area (Å²) < 4.78 is 0. The number of amides is 1. The third-order valence-electron chi connectivity index (χ3n) is 6.40. The van der Waals surface area contributed by atoms with Gasteiger partial charge in [0.05, 0.1) is 10.7 Å². The summed E-state index contributed by atoms with van der Waals surface area (Å²) in [6.45, 7) is 6.22. The van der Waals surface area contributed by atoms with E-state index in [1.165, 1.54) is 0 Å². The van der Waals surface area contributed by atoms with Crippen LogP contribution in [0.4, 0.5) is 0 Å². The second-order valence-electron chi connectivity index (χ2n) is 9.05. The first-order valence-corrected chi connectivity index (χ1v) is 11.7. The van der Waals surface area contributed by atoms with Crippen LogP contribution in [0.3, 0.4) is 0 Å². The summed E-state index contributed by atoms with van der Waals surface area (Å²) in [5.41, 5.74) is 6.29. The van der Waals surface area contributed by atoms with Gasteiger partial charge < -0.3 is 5.32 Å². The topological polar surface area (TPSA) is 76.1 Å². The van der Waals surface area contributed by atoms with E-state index >= 15 is 0 Å². The third kappa shape index (κ3) is 5.10. The standard InChI is InChI=1S/C28H27ClN2O3/c1-16-4-6-19(7-5-16)14-31-25(33)13-21-12-24(32)27(28(21)34)26-17(2)10-20(11-18(26)3)23-9-8-22(29)15-30-23/h4-11,15,21,27H,12-14H2,1-3H3,(H,31,33). The van der Waals surface area contributed by atoms with Crippen LogP contribution in [0.5, 0.6) is 0 Å². The van der Waals surface area contributed by atoms with Crippen LogP contribution in [0.1, 0.15) is 46.6 Å². The maximum absolute atomic E-state index is 13.2. The highest BCUT2D eigenvalue weighted by Gasteiger charge is 2.43. The zero-order chi connectivity index (χ0) is 24.4. The lowest BCUT2D eigenvalue weighted by molar-refractivity contribution is -0.128. The molecule has 1 aromatic heterocycles. The van der Waals surface area contributed by atoms with Crippen molar-refractivity contribution in [2.45, 2.75) is 46.1 Å². The number of carbonyl (C=O) groups excluding carboxylic acids is 3. The van der Waals surface area contributed by atoms with Crippen LogP contribution in [0.25, 0.3) is 11.3 Å². The van der Waals surface area contributed by atoms with E-state index in [-0.39, 0.29) is 30.3 Å². The molecule has 0 radical (unpaired) electrons. The average molecular weight is 475 g/mol. The van der Waals surface area contributed by atoms with E-state index in [1.807, 2.05) is 63.2 Å². The van der Waals surface area contributed by atoms with Crippen LogP contribution >= 0.6 is 11.6 Å². The molecule has 1 heterocycles. The first-order chi connectivity index (χ1) is 16.2. The van der Waals surface area contributed by atoms with Crippen LogP contribution in [0.15, 0.2) is 54.7 Å². The number of ketones is 2. The number of aromatic nitrogens is 1. The lowest BCUT2D eigenvalue weighted by atomic mass is 9.85. The molecule has 174 valence electrons. The first kappa shape index (κ1) is 23.8. The Balaban J connectivity index is 1.47. The molecular formula is C28H27ClN2O3. The number of benzene rings is 2. The fourth-order valence-electron chi connectivity index (χ4n) is 4.66. The van der Waals surface area contributed by atoms with Crippen LogP contribution in [-0.2, 0) is 20.9 Å². The van der Waals surface area contributed by atoms with Gasteiger partial charge in [-0.05, 0) is 67.3 Å². The van der Waals surface area contributed by atoms with E-state index < -0.39 is 11.8 Å². The van der Waals surface area contributed by atoms with Crippen LogP contribution in [-0.4, -0.2) is 22.5 Å². The van der Waals surface area contributed by atoms with Gasteiger partial charge in [-0.25, -0.2) is 0 Å². The maximum atomic E-state index is 13.2. The SMILES string of the molecule is Cc1ccc(CNC(=O)CC2CC(=O)C(c3c(C)cc(-c4ccc(Cl)cn4)cc3C)C2=O)cc1. The number of Topliss-reactive ketones (excluding diaryl/α,β-unsaturated/α-hetero) is 2. The van der Waals surface area contributed by atoms with Gasteiger partial charge in [-0.15, -0.1) is 0 Å². The van der Waals surface area contributed by atoms with Gasteiger partial charge in [0.25, 0.3) is 0 Å². The highest BCUT2D eigenvalue weighted by atomic mass is 35.5. The van der Waals surface area contributed by atoms with E-state index in [2.05, 4.69) is 10.3 Å². The van der Waals surface area contributed by atoms with Gasteiger partial charge in [-0.3, -0.25) is 19.4 Å².